The molecule has 1 aromatic rings. The van der Waals surface area contributed by atoms with Crippen LogP contribution in [-0.4, -0.2) is 32.5 Å². The minimum Gasteiger partial charge on any atom is -0.404 e. The summed E-state index contributed by atoms with van der Waals surface area (Å²) in [6, 6.07) is 4.81. The molecule has 0 amide bonds. The van der Waals surface area contributed by atoms with Gasteiger partial charge in [-0.1, -0.05) is 0 Å². The summed E-state index contributed by atoms with van der Waals surface area (Å²) in [6.07, 6.45) is -3.69. The van der Waals surface area contributed by atoms with E-state index in [9.17, 15) is 13.2 Å². The van der Waals surface area contributed by atoms with Gasteiger partial charge in [-0.25, -0.2) is 0 Å². The maximum Gasteiger partial charge on any atom is 0.573 e. The molecule has 1 heterocycles. The molecule has 4 nitrogen and oxygen atoms in total. The summed E-state index contributed by atoms with van der Waals surface area (Å²) < 4.78 is 40.6. The van der Waals surface area contributed by atoms with Gasteiger partial charge in [0.1, 0.15) is 0 Å². The van der Waals surface area contributed by atoms with Crippen LogP contribution in [-0.2, 0) is 0 Å². The second kappa shape index (κ2) is 5.56. The second-order valence-electron chi connectivity index (χ2n) is 4.34. The van der Waals surface area contributed by atoms with Crippen molar-refractivity contribution in [3.8, 4) is 5.75 Å². The van der Waals surface area contributed by atoms with Gasteiger partial charge in [0.25, 0.3) is 0 Å². The van der Waals surface area contributed by atoms with Crippen LogP contribution in [0.4, 0.5) is 24.5 Å². The van der Waals surface area contributed by atoms with Gasteiger partial charge < -0.3 is 20.7 Å². The molecule has 2 rings (SSSR count). The van der Waals surface area contributed by atoms with Crippen LogP contribution in [0, 0.1) is 0 Å². The van der Waals surface area contributed by atoms with Crippen LogP contribution in [0.15, 0.2) is 18.2 Å². The maximum atomic E-state index is 12.2. The van der Waals surface area contributed by atoms with E-state index in [0.717, 1.165) is 25.2 Å². The second-order valence-corrected chi connectivity index (χ2v) is 4.34. The number of benzene rings is 1. The van der Waals surface area contributed by atoms with Gasteiger partial charge in [-0.3, -0.25) is 0 Å². The van der Waals surface area contributed by atoms with Gasteiger partial charge in [-0.2, -0.15) is 0 Å². The summed E-state index contributed by atoms with van der Waals surface area (Å²) >= 11 is 0. The molecule has 19 heavy (non-hydrogen) atoms. The van der Waals surface area contributed by atoms with Crippen molar-refractivity contribution in [1.82, 2.24) is 5.32 Å². The first-order valence-electron chi connectivity index (χ1n) is 6.03. The van der Waals surface area contributed by atoms with Crippen LogP contribution in [0.25, 0.3) is 0 Å². The van der Waals surface area contributed by atoms with Crippen LogP contribution in [0.5, 0.6) is 5.75 Å². The number of rotatable bonds is 4. The Morgan fingerprint density at radius 3 is 2.74 bits per heavy atom. The zero-order chi connectivity index (χ0) is 13.9. The molecule has 1 aromatic carbocycles. The molecule has 1 fully saturated rings. The molecule has 0 bridgehead atoms. The molecule has 1 aliphatic rings. The van der Waals surface area contributed by atoms with Crippen molar-refractivity contribution in [3.63, 3.8) is 0 Å². The number of nitrogens with one attached hydrogen (secondary N) is 3. The Labute approximate surface area is 109 Å². The van der Waals surface area contributed by atoms with Crippen molar-refractivity contribution in [2.75, 3.05) is 30.8 Å². The maximum absolute atomic E-state index is 12.2. The molecular formula is C12H16F3N3O. The topological polar surface area (TPSA) is 45.3 Å². The summed E-state index contributed by atoms with van der Waals surface area (Å²) in [6.45, 7) is 1.81. The number of ether oxygens (including phenoxy) is 1. The standard InChI is InChI=1S/C12H16F3N3O/c1-16-10-6-8(18-9-4-5-17-7-9)2-3-11(10)19-12(13,14)15/h2-3,6,9,16-18H,4-5,7H2,1H3. The summed E-state index contributed by atoms with van der Waals surface area (Å²) in [5.74, 6) is -0.231. The molecule has 0 saturated carbocycles. The van der Waals surface area contributed by atoms with Gasteiger partial charge in [-0.05, 0) is 31.2 Å². The van der Waals surface area contributed by atoms with Crippen LogP contribution in [0.1, 0.15) is 6.42 Å². The Kier molecular flexibility index (Phi) is 4.04. The highest BCUT2D eigenvalue weighted by molar-refractivity contribution is 5.65. The molecule has 3 N–H and O–H groups in total. The third-order valence-electron chi connectivity index (χ3n) is 2.91. The normalized spacial score (nSPS) is 19.3. The van der Waals surface area contributed by atoms with E-state index in [2.05, 4.69) is 20.7 Å². The minimum absolute atomic E-state index is 0.231. The first-order valence-corrected chi connectivity index (χ1v) is 6.03. The minimum atomic E-state index is -4.68. The van der Waals surface area contributed by atoms with Gasteiger partial charge in [0.2, 0.25) is 0 Å². The molecule has 1 atom stereocenters. The Morgan fingerprint density at radius 2 is 2.16 bits per heavy atom. The average molecular weight is 275 g/mol. The number of alkyl halides is 3. The van der Waals surface area contributed by atoms with Crippen LogP contribution >= 0.6 is 0 Å². The number of halogens is 3. The molecule has 106 valence electrons. The molecule has 1 unspecified atom stereocenters. The van der Waals surface area contributed by atoms with Gasteiger partial charge in [-0.15, -0.1) is 13.2 Å². The lowest BCUT2D eigenvalue weighted by molar-refractivity contribution is -0.274. The highest BCUT2D eigenvalue weighted by Crippen LogP contribution is 2.32. The van der Waals surface area contributed by atoms with Crippen molar-refractivity contribution in [2.45, 2.75) is 18.8 Å². The molecule has 0 aromatic heterocycles. The van der Waals surface area contributed by atoms with Crippen molar-refractivity contribution < 1.29 is 17.9 Å². The number of anilines is 2. The van der Waals surface area contributed by atoms with E-state index in [1.54, 1.807) is 19.2 Å². The Balaban J connectivity index is 2.10. The summed E-state index contributed by atoms with van der Waals surface area (Å²) in [5.41, 5.74) is 1.07. The van der Waals surface area contributed by atoms with Crippen molar-refractivity contribution in [1.29, 1.82) is 0 Å². The largest absolute Gasteiger partial charge is 0.573 e. The SMILES string of the molecule is CNc1cc(NC2CCNC2)ccc1OC(F)(F)F. The van der Waals surface area contributed by atoms with E-state index < -0.39 is 6.36 Å². The fraction of sp³-hybridized carbons (Fsp3) is 0.500. The van der Waals surface area contributed by atoms with Crippen molar-refractivity contribution in [3.05, 3.63) is 18.2 Å². The van der Waals surface area contributed by atoms with Crippen molar-refractivity contribution >= 4 is 11.4 Å². The fourth-order valence-electron chi connectivity index (χ4n) is 2.04. The number of hydrogen-bond donors (Lipinski definition) is 3. The summed E-state index contributed by atoms with van der Waals surface area (Å²) in [4.78, 5) is 0. The average Bonchev–Trinajstić information content (AvgIpc) is 2.82. The lowest BCUT2D eigenvalue weighted by Gasteiger charge is -2.17. The smallest absolute Gasteiger partial charge is 0.404 e. The van der Waals surface area contributed by atoms with Crippen LogP contribution in [0.2, 0.25) is 0 Å². The highest BCUT2D eigenvalue weighted by Gasteiger charge is 2.32. The van der Waals surface area contributed by atoms with Crippen molar-refractivity contribution in [2.24, 2.45) is 0 Å². The van der Waals surface area contributed by atoms with Crippen LogP contribution < -0.4 is 20.7 Å². The Hall–Kier alpha value is -1.63. The first kappa shape index (κ1) is 13.8. The molecule has 0 aliphatic carbocycles. The predicted octanol–water partition coefficient (Wildman–Crippen LogP) is 2.40. The van der Waals surface area contributed by atoms with E-state index in [0.29, 0.717) is 11.7 Å². The zero-order valence-electron chi connectivity index (χ0n) is 10.5. The summed E-state index contributed by atoms with van der Waals surface area (Å²) in [7, 11) is 1.56. The van der Waals surface area contributed by atoms with Crippen LogP contribution in [0.3, 0.4) is 0 Å². The first-order chi connectivity index (χ1) is 8.98. The van der Waals surface area contributed by atoms with E-state index in [4.69, 9.17) is 0 Å². The Bertz CT molecular complexity index is 431. The zero-order valence-corrected chi connectivity index (χ0v) is 10.5. The van der Waals surface area contributed by atoms with E-state index in [-0.39, 0.29) is 5.75 Å². The van der Waals surface area contributed by atoms with Gasteiger partial charge >= 0.3 is 6.36 Å². The third kappa shape index (κ3) is 3.92. The lowest BCUT2D eigenvalue weighted by Crippen LogP contribution is -2.22. The quantitative estimate of drug-likeness (QED) is 0.789. The molecule has 1 aliphatic heterocycles. The monoisotopic (exact) mass is 275 g/mol. The van der Waals surface area contributed by atoms with E-state index >= 15 is 0 Å². The Morgan fingerprint density at radius 1 is 1.37 bits per heavy atom. The molecule has 0 spiro atoms. The van der Waals surface area contributed by atoms with E-state index in [1.165, 1.54) is 6.07 Å². The predicted molar refractivity (Wildman–Crippen MR) is 67.6 cm³/mol. The molecule has 7 heteroatoms. The van der Waals surface area contributed by atoms with E-state index in [1.807, 2.05) is 0 Å². The van der Waals surface area contributed by atoms with Gasteiger partial charge in [0.05, 0.1) is 5.69 Å². The molecule has 0 radical (unpaired) electrons. The fourth-order valence-corrected chi connectivity index (χ4v) is 2.04. The van der Waals surface area contributed by atoms with Gasteiger partial charge in [0, 0.05) is 25.3 Å². The molecular weight excluding hydrogens is 259 g/mol. The summed E-state index contributed by atoms with van der Waals surface area (Å²) in [5, 5.41) is 9.18. The highest BCUT2D eigenvalue weighted by atomic mass is 19.4. The third-order valence-corrected chi connectivity index (χ3v) is 2.91. The molecule has 1 saturated heterocycles. The number of hydrogen-bond acceptors (Lipinski definition) is 4. The van der Waals surface area contributed by atoms with Gasteiger partial charge in [0.15, 0.2) is 5.75 Å². The lowest BCUT2D eigenvalue weighted by atomic mass is 10.2.